The van der Waals surface area contributed by atoms with Gasteiger partial charge < -0.3 is 0 Å². The second-order valence-corrected chi connectivity index (χ2v) is 5.54. The van der Waals surface area contributed by atoms with Crippen LogP contribution in [0.15, 0.2) is 40.9 Å². The average Bonchev–Trinajstić information content (AvgIpc) is 2.32. The highest BCUT2D eigenvalue weighted by Crippen LogP contribution is 2.22. The van der Waals surface area contributed by atoms with Crippen LogP contribution < -0.4 is 0 Å². The molecule has 0 saturated heterocycles. The minimum Gasteiger partial charge on any atom is -0.289 e. The lowest BCUT2D eigenvalue weighted by Crippen LogP contribution is -2.03. The van der Waals surface area contributed by atoms with Crippen molar-refractivity contribution >= 4 is 33.3 Å². The number of hydrogen-bond donors (Lipinski definition) is 0. The SMILES string of the molecule is Cc1ccc(C(=O)c2ccc(Cl)cc2C)cc1Br. The van der Waals surface area contributed by atoms with Gasteiger partial charge in [-0.2, -0.15) is 0 Å². The number of ketones is 1. The normalized spacial score (nSPS) is 10.4. The number of hydrogen-bond acceptors (Lipinski definition) is 1. The van der Waals surface area contributed by atoms with E-state index in [9.17, 15) is 4.79 Å². The molecule has 0 aliphatic rings. The maximum atomic E-state index is 12.4. The van der Waals surface area contributed by atoms with Crippen LogP contribution in [-0.4, -0.2) is 5.78 Å². The molecule has 2 aromatic carbocycles. The lowest BCUT2D eigenvalue weighted by molar-refractivity contribution is 0.103. The monoisotopic (exact) mass is 322 g/mol. The molecule has 0 radical (unpaired) electrons. The van der Waals surface area contributed by atoms with Crippen LogP contribution in [0.1, 0.15) is 27.0 Å². The summed E-state index contributed by atoms with van der Waals surface area (Å²) >= 11 is 9.34. The van der Waals surface area contributed by atoms with Gasteiger partial charge in [-0.15, -0.1) is 0 Å². The molecule has 0 atom stereocenters. The Balaban J connectivity index is 2.44. The molecule has 1 nitrogen and oxygen atoms in total. The van der Waals surface area contributed by atoms with Gasteiger partial charge in [-0.1, -0.05) is 39.7 Å². The predicted molar refractivity (Wildman–Crippen MR) is 78.5 cm³/mol. The Morgan fingerprint density at radius 1 is 1.06 bits per heavy atom. The highest BCUT2D eigenvalue weighted by Gasteiger charge is 2.12. The first-order valence-electron chi connectivity index (χ1n) is 5.56. The van der Waals surface area contributed by atoms with Gasteiger partial charge in [-0.3, -0.25) is 4.79 Å². The van der Waals surface area contributed by atoms with Crippen molar-refractivity contribution in [2.24, 2.45) is 0 Å². The summed E-state index contributed by atoms with van der Waals surface area (Å²) in [6.45, 7) is 3.88. The first-order chi connectivity index (χ1) is 8.49. The highest BCUT2D eigenvalue weighted by molar-refractivity contribution is 9.10. The predicted octanol–water partition coefficient (Wildman–Crippen LogP) is 4.95. The number of benzene rings is 2. The number of halogens is 2. The van der Waals surface area contributed by atoms with E-state index in [1.165, 1.54) is 0 Å². The van der Waals surface area contributed by atoms with Gasteiger partial charge in [0.2, 0.25) is 0 Å². The maximum absolute atomic E-state index is 12.4. The first kappa shape index (κ1) is 13.3. The molecule has 0 amide bonds. The van der Waals surface area contributed by atoms with Crippen LogP contribution in [0, 0.1) is 13.8 Å². The molecule has 0 bridgehead atoms. The summed E-state index contributed by atoms with van der Waals surface area (Å²) in [7, 11) is 0. The molecule has 0 saturated carbocycles. The summed E-state index contributed by atoms with van der Waals surface area (Å²) in [5.41, 5.74) is 3.37. The zero-order chi connectivity index (χ0) is 13.3. The van der Waals surface area contributed by atoms with Crippen molar-refractivity contribution in [3.05, 3.63) is 68.1 Å². The van der Waals surface area contributed by atoms with E-state index >= 15 is 0 Å². The summed E-state index contributed by atoms with van der Waals surface area (Å²) in [6.07, 6.45) is 0. The van der Waals surface area contributed by atoms with E-state index in [0.717, 1.165) is 15.6 Å². The van der Waals surface area contributed by atoms with E-state index in [4.69, 9.17) is 11.6 Å². The topological polar surface area (TPSA) is 17.1 Å². The van der Waals surface area contributed by atoms with E-state index in [1.807, 2.05) is 32.0 Å². The third kappa shape index (κ3) is 2.65. The summed E-state index contributed by atoms with van der Waals surface area (Å²) in [5.74, 6) is 0.0184. The second kappa shape index (κ2) is 5.25. The van der Waals surface area contributed by atoms with Crippen LogP contribution in [0.3, 0.4) is 0 Å². The minimum absolute atomic E-state index is 0.0184. The summed E-state index contributed by atoms with van der Waals surface area (Å²) in [5, 5.41) is 0.647. The fraction of sp³-hybridized carbons (Fsp3) is 0.133. The minimum atomic E-state index is 0.0184. The Hall–Kier alpha value is -1.12. The van der Waals surface area contributed by atoms with Crippen LogP contribution in [0.25, 0.3) is 0 Å². The number of carbonyl (C=O) groups excluding carboxylic acids is 1. The van der Waals surface area contributed by atoms with Crippen LogP contribution in [0.5, 0.6) is 0 Å². The molecular formula is C15H12BrClO. The van der Waals surface area contributed by atoms with Crippen LogP contribution >= 0.6 is 27.5 Å². The lowest BCUT2D eigenvalue weighted by Gasteiger charge is -2.07. The second-order valence-electron chi connectivity index (χ2n) is 4.25. The first-order valence-corrected chi connectivity index (χ1v) is 6.73. The third-order valence-corrected chi connectivity index (χ3v) is 3.96. The average molecular weight is 324 g/mol. The molecule has 0 spiro atoms. The molecule has 92 valence electrons. The van der Waals surface area contributed by atoms with Crippen molar-refractivity contribution in [1.29, 1.82) is 0 Å². The van der Waals surface area contributed by atoms with Gasteiger partial charge in [0.1, 0.15) is 0 Å². The van der Waals surface area contributed by atoms with Gasteiger partial charge in [0, 0.05) is 20.6 Å². The summed E-state index contributed by atoms with van der Waals surface area (Å²) < 4.78 is 0.944. The van der Waals surface area contributed by atoms with E-state index < -0.39 is 0 Å². The van der Waals surface area contributed by atoms with Crippen LogP contribution in [-0.2, 0) is 0 Å². The van der Waals surface area contributed by atoms with Crippen LogP contribution in [0.2, 0.25) is 5.02 Å². The lowest BCUT2D eigenvalue weighted by atomic mass is 9.98. The summed E-state index contributed by atoms with van der Waals surface area (Å²) in [6, 6.07) is 10.9. The van der Waals surface area contributed by atoms with Gasteiger partial charge in [0.25, 0.3) is 0 Å². The van der Waals surface area contributed by atoms with Crippen LogP contribution in [0.4, 0.5) is 0 Å². The fourth-order valence-electron chi connectivity index (χ4n) is 1.77. The molecule has 0 N–H and O–H groups in total. The van der Waals surface area contributed by atoms with Crippen molar-refractivity contribution in [3.63, 3.8) is 0 Å². The molecule has 0 heterocycles. The molecule has 0 aliphatic heterocycles. The molecule has 0 aliphatic carbocycles. The van der Waals surface area contributed by atoms with Gasteiger partial charge in [0.15, 0.2) is 5.78 Å². The Bertz CT molecular complexity index is 620. The Morgan fingerprint density at radius 3 is 2.39 bits per heavy atom. The number of carbonyl (C=O) groups is 1. The van der Waals surface area contributed by atoms with Crippen molar-refractivity contribution in [1.82, 2.24) is 0 Å². The molecule has 18 heavy (non-hydrogen) atoms. The third-order valence-electron chi connectivity index (χ3n) is 2.87. The van der Waals surface area contributed by atoms with E-state index in [-0.39, 0.29) is 5.78 Å². The molecule has 3 heteroatoms. The molecular weight excluding hydrogens is 312 g/mol. The standard InChI is InChI=1S/C15H12BrClO/c1-9-3-4-11(8-14(9)16)15(18)13-6-5-12(17)7-10(13)2/h3-8H,1-2H3. The quantitative estimate of drug-likeness (QED) is 0.715. The Labute approximate surface area is 120 Å². The zero-order valence-corrected chi connectivity index (χ0v) is 12.5. The fourth-order valence-corrected chi connectivity index (χ4v) is 2.38. The van der Waals surface area contributed by atoms with Crippen molar-refractivity contribution in [2.75, 3.05) is 0 Å². The van der Waals surface area contributed by atoms with E-state index in [0.29, 0.717) is 16.1 Å². The molecule has 0 fully saturated rings. The van der Waals surface area contributed by atoms with Gasteiger partial charge in [-0.25, -0.2) is 0 Å². The molecule has 2 aromatic rings. The van der Waals surface area contributed by atoms with Gasteiger partial charge in [-0.05, 0) is 49.2 Å². The van der Waals surface area contributed by atoms with E-state index in [1.54, 1.807) is 18.2 Å². The molecule has 2 rings (SSSR count). The van der Waals surface area contributed by atoms with Gasteiger partial charge in [0.05, 0.1) is 0 Å². The van der Waals surface area contributed by atoms with Crippen molar-refractivity contribution in [3.8, 4) is 0 Å². The largest absolute Gasteiger partial charge is 0.289 e. The maximum Gasteiger partial charge on any atom is 0.193 e. The highest BCUT2D eigenvalue weighted by atomic mass is 79.9. The number of rotatable bonds is 2. The molecule has 0 aromatic heterocycles. The van der Waals surface area contributed by atoms with E-state index in [2.05, 4.69) is 15.9 Å². The van der Waals surface area contributed by atoms with Crippen molar-refractivity contribution < 1.29 is 4.79 Å². The van der Waals surface area contributed by atoms with Gasteiger partial charge >= 0.3 is 0 Å². The number of aryl methyl sites for hydroxylation is 2. The Morgan fingerprint density at radius 2 is 1.78 bits per heavy atom. The molecule has 0 unspecified atom stereocenters. The smallest absolute Gasteiger partial charge is 0.193 e. The van der Waals surface area contributed by atoms with Crippen molar-refractivity contribution in [2.45, 2.75) is 13.8 Å². The zero-order valence-electron chi connectivity index (χ0n) is 10.1. The Kier molecular flexibility index (Phi) is 3.88. The summed E-state index contributed by atoms with van der Waals surface area (Å²) in [4.78, 5) is 12.4.